The van der Waals surface area contributed by atoms with Crippen molar-refractivity contribution < 1.29 is 10.2 Å². The molecule has 0 aliphatic carbocycles. The molecular formula is C20H34O2. The van der Waals surface area contributed by atoms with Crippen LogP contribution in [-0.4, -0.2) is 10.2 Å². The molecule has 2 nitrogen and oxygen atoms in total. The van der Waals surface area contributed by atoms with Gasteiger partial charge in [0.2, 0.25) is 0 Å². The lowest BCUT2D eigenvalue weighted by atomic mass is 9.95. The van der Waals surface area contributed by atoms with Gasteiger partial charge in [-0.05, 0) is 37.8 Å². The lowest BCUT2D eigenvalue weighted by Gasteiger charge is -2.13. The van der Waals surface area contributed by atoms with Crippen LogP contribution in [0.25, 0.3) is 0 Å². The molecule has 126 valence electrons. The molecule has 0 aliphatic heterocycles. The van der Waals surface area contributed by atoms with Crippen LogP contribution in [0.1, 0.15) is 89.2 Å². The second-order valence-corrected chi connectivity index (χ2v) is 6.39. The van der Waals surface area contributed by atoms with Crippen LogP contribution in [0.15, 0.2) is 12.1 Å². The highest BCUT2D eigenvalue weighted by Crippen LogP contribution is 2.32. The van der Waals surface area contributed by atoms with Crippen molar-refractivity contribution >= 4 is 0 Å². The third kappa shape index (κ3) is 6.72. The Morgan fingerprint density at radius 3 is 1.32 bits per heavy atom. The minimum Gasteiger partial charge on any atom is -0.508 e. The van der Waals surface area contributed by atoms with E-state index in [4.69, 9.17) is 0 Å². The number of aromatic hydroxyl groups is 2. The average Bonchev–Trinajstić information content (AvgIpc) is 2.52. The van der Waals surface area contributed by atoms with Crippen LogP contribution in [0, 0.1) is 0 Å². The van der Waals surface area contributed by atoms with Crippen LogP contribution in [0.4, 0.5) is 0 Å². The molecule has 0 aliphatic rings. The fraction of sp³-hybridized carbons (Fsp3) is 0.700. The summed E-state index contributed by atoms with van der Waals surface area (Å²) in [4.78, 5) is 0. The summed E-state index contributed by atoms with van der Waals surface area (Å²) in [5.74, 6) is 0.716. The fourth-order valence-corrected chi connectivity index (χ4v) is 3.04. The van der Waals surface area contributed by atoms with E-state index in [0.29, 0.717) is 11.5 Å². The number of rotatable bonds is 12. The standard InChI is InChI=1S/C20H34O2/c1-3-5-7-9-11-13-17-18(14-12-10-8-6-4-2)20(22)16-15-19(17)21/h15-16,21-22H,3-14H2,1-2H3. The highest BCUT2D eigenvalue weighted by molar-refractivity contribution is 5.47. The number of benzene rings is 1. The number of unbranched alkanes of at least 4 members (excludes halogenated alkanes) is 8. The van der Waals surface area contributed by atoms with Crippen molar-refractivity contribution in [3.63, 3.8) is 0 Å². The molecule has 0 saturated heterocycles. The smallest absolute Gasteiger partial charge is 0.119 e. The predicted octanol–water partition coefficient (Wildman–Crippen LogP) is 6.12. The lowest BCUT2D eigenvalue weighted by Crippen LogP contribution is -1.97. The zero-order valence-electron chi connectivity index (χ0n) is 14.5. The second-order valence-electron chi connectivity index (χ2n) is 6.39. The highest BCUT2D eigenvalue weighted by atomic mass is 16.3. The van der Waals surface area contributed by atoms with E-state index in [2.05, 4.69) is 13.8 Å². The first-order valence-electron chi connectivity index (χ1n) is 9.23. The van der Waals surface area contributed by atoms with Crippen molar-refractivity contribution in [1.29, 1.82) is 0 Å². The predicted molar refractivity (Wildman–Crippen MR) is 94.7 cm³/mol. The van der Waals surface area contributed by atoms with Crippen LogP contribution < -0.4 is 0 Å². The molecule has 1 aromatic carbocycles. The quantitative estimate of drug-likeness (QED) is 0.360. The second kappa shape index (κ2) is 11.4. The van der Waals surface area contributed by atoms with E-state index < -0.39 is 0 Å². The Labute approximate surface area is 136 Å². The van der Waals surface area contributed by atoms with Crippen molar-refractivity contribution in [2.75, 3.05) is 0 Å². The molecular weight excluding hydrogens is 272 g/mol. The topological polar surface area (TPSA) is 40.5 Å². The first-order chi connectivity index (χ1) is 10.7. The molecule has 0 heterocycles. The zero-order valence-corrected chi connectivity index (χ0v) is 14.5. The summed E-state index contributed by atoms with van der Waals surface area (Å²) in [6.45, 7) is 4.44. The average molecular weight is 306 g/mol. The van der Waals surface area contributed by atoms with Crippen molar-refractivity contribution in [3.8, 4) is 11.5 Å². The van der Waals surface area contributed by atoms with Crippen molar-refractivity contribution in [1.82, 2.24) is 0 Å². The molecule has 22 heavy (non-hydrogen) atoms. The van der Waals surface area contributed by atoms with E-state index in [9.17, 15) is 10.2 Å². The summed E-state index contributed by atoms with van der Waals surface area (Å²) in [5.41, 5.74) is 1.96. The van der Waals surface area contributed by atoms with E-state index in [1.807, 2.05) is 0 Å². The molecule has 0 spiro atoms. The van der Waals surface area contributed by atoms with E-state index in [1.165, 1.54) is 51.4 Å². The van der Waals surface area contributed by atoms with Crippen molar-refractivity contribution in [3.05, 3.63) is 23.3 Å². The molecule has 0 atom stereocenters. The summed E-state index contributed by atoms with van der Waals surface area (Å²) in [5, 5.41) is 20.3. The third-order valence-electron chi connectivity index (χ3n) is 4.44. The van der Waals surface area contributed by atoms with E-state index in [-0.39, 0.29) is 0 Å². The Balaban J connectivity index is 2.55. The van der Waals surface area contributed by atoms with Gasteiger partial charge in [0.1, 0.15) is 11.5 Å². The third-order valence-corrected chi connectivity index (χ3v) is 4.44. The minimum atomic E-state index is 0.358. The van der Waals surface area contributed by atoms with Crippen molar-refractivity contribution in [2.45, 2.75) is 90.9 Å². The van der Waals surface area contributed by atoms with Gasteiger partial charge in [-0.3, -0.25) is 0 Å². The Kier molecular flexibility index (Phi) is 9.77. The molecule has 1 rings (SSSR count). The van der Waals surface area contributed by atoms with E-state index >= 15 is 0 Å². The summed E-state index contributed by atoms with van der Waals surface area (Å²) >= 11 is 0. The van der Waals surface area contributed by atoms with Gasteiger partial charge in [0, 0.05) is 11.1 Å². The molecule has 0 bridgehead atoms. The number of hydrogen-bond acceptors (Lipinski definition) is 2. The van der Waals surface area contributed by atoms with Gasteiger partial charge < -0.3 is 10.2 Å². The molecule has 0 fully saturated rings. The van der Waals surface area contributed by atoms with Gasteiger partial charge in [-0.1, -0.05) is 65.2 Å². The minimum absolute atomic E-state index is 0.358. The lowest BCUT2D eigenvalue weighted by molar-refractivity contribution is 0.444. The normalized spacial score (nSPS) is 11.0. The summed E-state index contributed by atoms with van der Waals surface area (Å²) in [6, 6.07) is 3.27. The maximum atomic E-state index is 10.1. The fourth-order valence-electron chi connectivity index (χ4n) is 3.04. The molecule has 2 N–H and O–H groups in total. The van der Waals surface area contributed by atoms with Crippen molar-refractivity contribution in [2.24, 2.45) is 0 Å². The Morgan fingerprint density at radius 1 is 0.591 bits per heavy atom. The first kappa shape index (κ1) is 18.9. The molecule has 0 amide bonds. The number of hydrogen-bond donors (Lipinski definition) is 2. The van der Waals surface area contributed by atoms with Gasteiger partial charge in [-0.15, -0.1) is 0 Å². The molecule has 0 aromatic heterocycles. The van der Waals surface area contributed by atoms with E-state index in [1.54, 1.807) is 12.1 Å². The van der Waals surface area contributed by atoms with Gasteiger partial charge in [-0.2, -0.15) is 0 Å². The van der Waals surface area contributed by atoms with Crippen LogP contribution >= 0.6 is 0 Å². The first-order valence-corrected chi connectivity index (χ1v) is 9.23. The van der Waals surface area contributed by atoms with Gasteiger partial charge in [0.15, 0.2) is 0 Å². The van der Waals surface area contributed by atoms with Gasteiger partial charge in [-0.25, -0.2) is 0 Å². The summed E-state index contributed by atoms with van der Waals surface area (Å²) in [7, 11) is 0. The molecule has 1 aromatic rings. The Bertz CT molecular complexity index is 373. The number of phenolic OH excluding ortho intramolecular Hbond substituents is 2. The van der Waals surface area contributed by atoms with Crippen LogP contribution in [0.5, 0.6) is 11.5 Å². The van der Waals surface area contributed by atoms with Crippen LogP contribution in [-0.2, 0) is 12.8 Å². The Hall–Kier alpha value is -1.18. The molecule has 0 unspecified atom stereocenters. The maximum absolute atomic E-state index is 10.1. The van der Waals surface area contributed by atoms with Gasteiger partial charge in [0.05, 0.1) is 0 Å². The SMILES string of the molecule is CCCCCCCc1c(O)ccc(O)c1CCCCCCC. The van der Waals surface area contributed by atoms with Crippen LogP contribution in [0.2, 0.25) is 0 Å². The number of phenols is 2. The maximum Gasteiger partial charge on any atom is 0.119 e. The summed E-state index contributed by atoms with van der Waals surface area (Å²) in [6.07, 6.45) is 14.0. The van der Waals surface area contributed by atoms with Crippen LogP contribution in [0.3, 0.4) is 0 Å². The molecule has 0 radical (unpaired) electrons. The van der Waals surface area contributed by atoms with Gasteiger partial charge in [0.25, 0.3) is 0 Å². The molecule has 2 heteroatoms. The zero-order chi connectivity index (χ0) is 16.2. The highest BCUT2D eigenvalue weighted by Gasteiger charge is 2.12. The Morgan fingerprint density at radius 2 is 0.955 bits per heavy atom. The molecule has 0 saturated carbocycles. The largest absolute Gasteiger partial charge is 0.508 e. The summed E-state index contributed by atoms with van der Waals surface area (Å²) < 4.78 is 0. The van der Waals surface area contributed by atoms with Gasteiger partial charge >= 0.3 is 0 Å². The monoisotopic (exact) mass is 306 g/mol. The van der Waals surface area contributed by atoms with E-state index in [0.717, 1.165) is 36.8 Å².